The van der Waals surface area contributed by atoms with Gasteiger partial charge in [-0.2, -0.15) is 0 Å². The number of likely N-dealkylation sites (N-methyl/N-ethyl adjacent to an activating group) is 1. The summed E-state index contributed by atoms with van der Waals surface area (Å²) in [5.74, 6) is 1.18. The molecule has 60 valence electrons. The molecule has 0 spiro atoms. The normalized spacial score (nSPS) is 25.1. The number of rotatable bonds is 0. The average Bonchev–Trinajstić information content (AvgIpc) is 2.36. The molecule has 0 fully saturated rings. The van der Waals surface area contributed by atoms with Crippen LogP contribution in [0.2, 0.25) is 0 Å². The zero-order valence-corrected chi connectivity index (χ0v) is 7.00. The van der Waals surface area contributed by atoms with Crippen LogP contribution >= 0.6 is 0 Å². The summed E-state index contributed by atoms with van der Waals surface area (Å²) in [7, 11) is 2.15. The first-order chi connectivity index (χ1) is 5.27. The van der Waals surface area contributed by atoms with Crippen molar-refractivity contribution in [3.8, 4) is 0 Å². The summed E-state index contributed by atoms with van der Waals surface area (Å²) in [5, 5.41) is 0. The predicted molar refractivity (Wildman–Crippen MR) is 43.3 cm³/mol. The minimum atomic E-state index is 0.619. The first kappa shape index (κ1) is 6.92. The van der Waals surface area contributed by atoms with Gasteiger partial charge in [0.05, 0.1) is 6.26 Å². The number of nitrogens with zero attached hydrogens (tertiary/aromatic N) is 1. The van der Waals surface area contributed by atoms with Crippen molar-refractivity contribution in [2.45, 2.75) is 25.9 Å². The number of hydrogen-bond acceptors (Lipinski definition) is 2. The van der Waals surface area contributed by atoms with Crippen LogP contribution in [-0.2, 0) is 13.0 Å². The highest BCUT2D eigenvalue weighted by Gasteiger charge is 2.21. The van der Waals surface area contributed by atoms with E-state index in [9.17, 15) is 0 Å². The van der Waals surface area contributed by atoms with Crippen LogP contribution in [0.5, 0.6) is 0 Å². The molecule has 0 saturated carbocycles. The molecule has 2 rings (SSSR count). The number of hydrogen-bond donors (Lipinski definition) is 0. The summed E-state index contributed by atoms with van der Waals surface area (Å²) in [5.41, 5.74) is 1.35. The summed E-state index contributed by atoms with van der Waals surface area (Å²) in [6.45, 7) is 3.26. The van der Waals surface area contributed by atoms with Crippen molar-refractivity contribution in [1.82, 2.24) is 4.90 Å². The van der Waals surface area contributed by atoms with Crippen LogP contribution in [0.4, 0.5) is 0 Å². The lowest BCUT2D eigenvalue weighted by Crippen LogP contribution is -2.34. The molecule has 0 N–H and O–H groups in total. The molecule has 1 aromatic rings. The highest BCUT2D eigenvalue weighted by molar-refractivity contribution is 5.20. The number of furan rings is 1. The molecule has 0 bridgehead atoms. The molecule has 1 unspecified atom stereocenters. The van der Waals surface area contributed by atoms with Gasteiger partial charge in [-0.1, -0.05) is 0 Å². The Hall–Kier alpha value is -0.760. The van der Waals surface area contributed by atoms with E-state index in [0.29, 0.717) is 6.04 Å². The SMILES string of the molecule is CC1Cc2occc2CN1C. The zero-order valence-electron chi connectivity index (χ0n) is 7.00. The van der Waals surface area contributed by atoms with E-state index in [1.807, 2.05) is 0 Å². The van der Waals surface area contributed by atoms with Gasteiger partial charge in [-0.3, -0.25) is 4.90 Å². The van der Waals surface area contributed by atoms with Crippen molar-refractivity contribution in [3.05, 3.63) is 23.7 Å². The molecular formula is C9H13NO. The summed E-state index contributed by atoms with van der Waals surface area (Å²) in [6.07, 6.45) is 2.84. The monoisotopic (exact) mass is 151 g/mol. The topological polar surface area (TPSA) is 16.4 Å². The van der Waals surface area contributed by atoms with Crippen LogP contribution in [0.15, 0.2) is 16.7 Å². The predicted octanol–water partition coefficient (Wildman–Crippen LogP) is 1.66. The smallest absolute Gasteiger partial charge is 0.109 e. The van der Waals surface area contributed by atoms with Crippen molar-refractivity contribution in [1.29, 1.82) is 0 Å². The maximum atomic E-state index is 5.35. The van der Waals surface area contributed by atoms with Crippen LogP contribution in [0.3, 0.4) is 0 Å². The van der Waals surface area contributed by atoms with Crippen molar-refractivity contribution in [2.75, 3.05) is 7.05 Å². The van der Waals surface area contributed by atoms with Gasteiger partial charge in [-0.05, 0) is 20.0 Å². The van der Waals surface area contributed by atoms with Gasteiger partial charge in [-0.15, -0.1) is 0 Å². The van der Waals surface area contributed by atoms with Crippen LogP contribution < -0.4 is 0 Å². The van der Waals surface area contributed by atoms with Gasteiger partial charge in [0.2, 0.25) is 0 Å². The Kier molecular flexibility index (Phi) is 1.50. The van der Waals surface area contributed by atoms with Gasteiger partial charge >= 0.3 is 0 Å². The van der Waals surface area contributed by atoms with Crippen molar-refractivity contribution in [3.63, 3.8) is 0 Å². The molecule has 2 heterocycles. The molecule has 2 nitrogen and oxygen atoms in total. The zero-order chi connectivity index (χ0) is 7.84. The van der Waals surface area contributed by atoms with Crippen LogP contribution in [0.1, 0.15) is 18.2 Å². The van der Waals surface area contributed by atoms with Gasteiger partial charge < -0.3 is 4.42 Å². The Labute approximate surface area is 66.8 Å². The molecule has 1 aliphatic rings. The highest BCUT2D eigenvalue weighted by Crippen LogP contribution is 2.22. The van der Waals surface area contributed by atoms with E-state index >= 15 is 0 Å². The molecule has 0 aliphatic carbocycles. The maximum Gasteiger partial charge on any atom is 0.109 e. The largest absolute Gasteiger partial charge is 0.469 e. The Balaban J connectivity index is 2.30. The fraction of sp³-hybridized carbons (Fsp3) is 0.556. The third-order valence-corrected chi connectivity index (χ3v) is 2.49. The summed E-state index contributed by atoms with van der Waals surface area (Å²) in [6, 6.07) is 2.69. The molecule has 11 heavy (non-hydrogen) atoms. The van der Waals surface area contributed by atoms with Gasteiger partial charge in [0, 0.05) is 24.6 Å². The molecular weight excluding hydrogens is 138 g/mol. The van der Waals surface area contributed by atoms with Crippen molar-refractivity contribution >= 4 is 0 Å². The lowest BCUT2D eigenvalue weighted by Gasteiger charge is -2.28. The molecule has 1 aliphatic heterocycles. The van der Waals surface area contributed by atoms with Gasteiger partial charge in [-0.25, -0.2) is 0 Å². The minimum Gasteiger partial charge on any atom is -0.469 e. The second-order valence-electron chi connectivity index (χ2n) is 3.34. The summed E-state index contributed by atoms with van der Waals surface area (Å²) >= 11 is 0. The molecule has 0 saturated heterocycles. The minimum absolute atomic E-state index is 0.619. The molecule has 2 heteroatoms. The van der Waals surface area contributed by atoms with Crippen molar-refractivity contribution < 1.29 is 4.42 Å². The molecule has 1 aromatic heterocycles. The maximum absolute atomic E-state index is 5.35. The Morgan fingerprint density at radius 1 is 1.64 bits per heavy atom. The first-order valence-electron chi connectivity index (χ1n) is 4.03. The lowest BCUT2D eigenvalue weighted by atomic mass is 10.0. The van der Waals surface area contributed by atoms with E-state index < -0.39 is 0 Å². The van der Waals surface area contributed by atoms with E-state index in [1.54, 1.807) is 6.26 Å². The molecule has 0 radical (unpaired) electrons. The summed E-state index contributed by atoms with van der Waals surface area (Å²) < 4.78 is 5.35. The molecule has 0 aromatic carbocycles. The molecule has 1 atom stereocenters. The second-order valence-corrected chi connectivity index (χ2v) is 3.34. The second kappa shape index (κ2) is 2.38. The summed E-state index contributed by atoms with van der Waals surface area (Å²) in [4.78, 5) is 2.35. The van der Waals surface area contributed by atoms with E-state index in [2.05, 4.69) is 24.9 Å². The average molecular weight is 151 g/mol. The van der Waals surface area contributed by atoms with Gasteiger partial charge in [0.15, 0.2) is 0 Å². The lowest BCUT2D eigenvalue weighted by molar-refractivity contribution is 0.217. The Bertz CT molecular complexity index is 229. The highest BCUT2D eigenvalue weighted by atomic mass is 16.3. The first-order valence-corrected chi connectivity index (χ1v) is 4.03. The van der Waals surface area contributed by atoms with E-state index in [-0.39, 0.29) is 0 Å². The van der Waals surface area contributed by atoms with E-state index in [4.69, 9.17) is 4.42 Å². The quantitative estimate of drug-likeness (QED) is 0.560. The third kappa shape index (κ3) is 1.07. The fourth-order valence-electron chi connectivity index (χ4n) is 1.54. The van der Waals surface area contributed by atoms with Gasteiger partial charge in [0.1, 0.15) is 5.76 Å². The Morgan fingerprint density at radius 3 is 3.27 bits per heavy atom. The van der Waals surface area contributed by atoms with E-state index in [0.717, 1.165) is 13.0 Å². The van der Waals surface area contributed by atoms with Crippen LogP contribution in [0.25, 0.3) is 0 Å². The third-order valence-electron chi connectivity index (χ3n) is 2.49. The van der Waals surface area contributed by atoms with Crippen LogP contribution in [0, 0.1) is 0 Å². The van der Waals surface area contributed by atoms with E-state index in [1.165, 1.54) is 11.3 Å². The standard InChI is InChI=1S/C9H13NO/c1-7-5-9-8(3-4-11-9)6-10(7)2/h3-4,7H,5-6H2,1-2H3. The van der Waals surface area contributed by atoms with Gasteiger partial charge in [0.25, 0.3) is 0 Å². The fourth-order valence-corrected chi connectivity index (χ4v) is 1.54. The van der Waals surface area contributed by atoms with Crippen LogP contribution in [-0.4, -0.2) is 18.0 Å². The number of fused-ring (bicyclic) bond motifs is 1. The Morgan fingerprint density at radius 2 is 2.45 bits per heavy atom. The van der Waals surface area contributed by atoms with Crippen molar-refractivity contribution in [2.24, 2.45) is 0 Å². The molecule has 0 amide bonds.